The number of halogens is 1. The Morgan fingerprint density at radius 2 is 2.07 bits per heavy atom. The van der Waals surface area contributed by atoms with E-state index in [2.05, 4.69) is 15.5 Å². The average molecular weight is 420 g/mol. The van der Waals surface area contributed by atoms with Crippen molar-refractivity contribution in [2.45, 2.75) is 38.7 Å². The summed E-state index contributed by atoms with van der Waals surface area (Å²) >= 11 is 7.43. The molecule has 1 N–H and O–H groups in total. The summed E-state index contributed by atoms with van der Waals surface area (Å²) in [5, 5.41) is 9.52. The van der Waals surface area contributed by atoms with E-state index in [0.717, 1.165) is 30.6 Å². The molecule has 0 spiro atoms. The first kappa shape index (κ1) is 20.4. The Morgan fingerprint density at radius 3 is 2.82 bits per heavy atom. The topological polar surface area (TPSA) is 77.2 Å². The van der Waals surface area contributed by atoms with Gasteiger partial charge in [0, 0.05) is 18.0 Å². The standard InChI is InChI=1S/C20H22ClN3O3S/c1-14(26-16-10-8-15(21)9-11-16)20(25)22-12-4-2-3-7-18-23-19(24-27-18)17-6-5-13-28-17/h5-6,8-11,13-14H,2-4,7,12H2,1H3,(H,22,25). The minimum Gasteiger partial charge on any atom is -0.481 e. The molecule has 1 unspecified atom stereocenters. The number of hydrogen-bond acceptors (Lipinski definition) is 6. The number of benzene rings is 1. The van der Waals surface area contributed by atoms with Crippen LogP contribution in [0.25, 0.3) is 10.7 Å². The molecule has 8 heteroatoms. The van der Waals surface area contributed by atoms with Gasteiger partial charge in [-0.25, -0.2) is 0 Å². The molecular formula is C20H22ClN3O3S. The highest BCUT2D eigenvalue weighted by Crippen LogP contribution is 2.21. The van der Waals surface area contributed by atoms with Crippen molar-refractivity contribution in [3.8, 4) is 16.5 Å². The second-order valence-corrected chi connectivity index (χ2v) is 7.69. The first-order chi connectivity index (χ1) is 13.6. The van der Waals surface area contributed by atoms with E-state index in [1.54, 1.807) is 42.5 Å². The van der Waals surface area contributed by atoms with Crippen molar-refractivity contribution in [2.24, 2.45) is 0 Å². The van der Waals surface area contributed by atoms with Crippen molar-refractivity contribution in [3.05, 3.63) is 52.7 Å². The van der Waals surface area contributed by atoms with Gasteiger partial charge >= 0.3 is 0 Å². The molecule has 28 heavy (non-hydrogen) atoms. The van der Waals surface area contributed by atoms with Crippen LogP contribution in [-0.2, 0) is 11.2 Å². The molecule has 0 saturated heterocycles. The number of thiophene rings is 1. The van der Waals surface area contributed by atoms with Crippen LogP contribution in [0.4, 0.5) is 0 Å². The highest BCUT2D eigenvalue weighted by atomic mass is 35.5. The molecule has 0 saturated carbocycles. The lowest BCUT2D eigenvalue weighted by Crippen LogP contribution is -2.36. The molecule has 6 nitrogen and oxygen atoms in total. The van der Waals surface area contributed by atoms with Crippen molar-refractivity contribution >= 4 is 28.8 Å². The number of carbonyl (C=O) groups excluding carboxylic acids is 1. The lowest BCUT2D eigenvalue weighted by molar-refractivity contribution is -0.127. The van der Waals surface area contributed by atoms with Crippen molar-refractivity contribution in [2.75, 3.05) is 6.54 Å². The van der Waals surface area contributed by atoms with Crippen LogP contribution in [0.2, 0.25) is 5.02 Å². The summed E-state index contributed by atoms with van der Waals surface area (Å²) in [5.74, 6) is 1.78. The van der Waals surface area contributed by atoms with Crippen LogP contribution in [0.1, 0.15) is 32.1 Å². The second-order valence-electron chi connectivity index (χ2n) is 6.30. The molecule has 1 amide bonds. The maximum Gasteiger partial charge on any atom is 0.260 e. The normalized spacial score (nSPS) is 11.9. The number of nitrogens with zero attached hydrogens (tertiary/aromatic N) is 2. The molecule has 0 bridgehead atoms. The van der Waals surface area contributed by atoms with Crippen LogP contribution in [0.15, 0.2) is 46.3 Å². The summed E-state index contributed by atoms with van der Waals surface area (Å²) in [6.45, 7) is 2.34. The summed E-state index contributed by atoms with van der Waals surface area (Å²) in [4.78, 5) is 17.5. The lowest BCUT2D eigenvalue weighted by atomic mass is 10.2. The van der Waals surface area contributed by atoms with E-state index in [4.69, 9.17) is 20.9 Å². The molecule has 148 valence electrons. The molecular weight excluding hydrogens is 398 g/mol. The highest BCUT2D eigenvalue weighted by molar-refractivity contribution is 7.13. The Morgan fingerprint density at radius 1 is 1.25 bits per heavy atom. The van der Waals surface area contributed by atoms with E-state index in [1.807, 2.05) is 17.5 Å². The van der Waals surface area contributed by atoms with Crippen molar-refractivity contribution in [3.63, 3.8) is 0 Å². The molecule has 0 radical (unpaired) electrons. The third-order valence-corrected chi connectivity index (χ3v) is 5.19. The number of hydrogen-bond donors (Lipinski definition) is 1. The first-order valence-corrected chi connectivity index (χ1v) is 10.4. The smallest absolute Gasteiger partial charge is 0.260 e. The molecule has 0 aliphatic rings. The predicted molar refractivity (Wildman–Crippen MR) is 110 cm³/mol. The van der Waals surface area contributed by atoms with Crippen LogP contribution in [0.5, 0.6) is 5.75 Å². The third-order valence-electron chi connectivity index (χ3n) is 4.07. The summed E-state index contributed by atoms with van der Waals surface area (Å²) in [5.41, 5.74) is 0. The van der Waals surface area contributed by atoms with E-state index >= 15 is 0 Å². The van der Waals surface area contributed by atoms with E-state index in [0.29, 0.717) is 29.0 Å². The Balaban J connectivity index is 1.29. The van der Waals surface area contributed by atoms with Crippen molar-refractivity contribution in [1.29, 1.82) is 0 Å². The summed E-state index contributed by atoms with van der Waals surface area (Å²) in [7, 11) is 0. The van der Waals surface area contributed by atoms with Crippen LogP contribution in [-0.4, -0.2) is 28.7 Å². The van der Waals surface area contributed by atoms with Gasteiger partial charge in [-0.05, 0) is 55.5 Å². The zero-order valence-electron chi connectivity index (χ0n) is 15.6. The number of aryl methyl sites for hydroxylation is 1. The quantitative estimate of drug-likeness (QED) is 0.480. The third kappa shape index (κ3) is 6.07. The fraction of sp³-hybridized carbons (Fsp3) is 0.350. The van der Waals surface area contributed by atoms with Crippen LogP contribution >= 0.6 is 22.9 Å². The lowest BCUT2D eigenvalue weighted by Gasteiger charge is -2.14. The maximum atomic E-state index is 12.1. The fourth-order valence-corrected chi connectivity index (χ4v) is 3.34. The molecule has 3 aromatic rings. The first-order valence-electron chi connectivity index (χ1n) is 9.18. The largest absolute Gasteiger partial charge is 0.481 e. The van der Waals surface area contributed by atoms with Gasteiger partial charge in [0.05, 0.1) is 4.88 Å². The Kier molecular flexibility index (Phi) is 7.45. The summed E-state index contributed by atoms with van der Waals surface area (Å²) < 4.78 is 10.9. The van der Waals surface area contributed by atoms with Gasteiger partial charge in [0.15, 0.2) is 6.10 Å². The summed E-state index contributed by atoms with van der Waals surface area (Å²) in [6.07, 6.45) is 2.95. The molecule has 0 aliphatic carbocycles. The number of ether oxygens (including phenoxy) is 1. The van der Waals surface area contributed by atoms with Crippen LogP contribution in [0.3, 0.4) is 0 Å². The number of nitrogens with one attached hydrogen (secondary N) is 1. The van der Waals surface area contributed by atoms with Crippen molar-refractivity contribution < 1.29 is 14.1 Å². The minimum absolute atomic E-state index is 0.132. The highest BCUT2D eigenvalue weighted by Gasteiger charge is 2.14. The molecule has 1 atom stereocenters. The monoisotopic (exact) mass is 419 g/mol. The van der Waals surface area contributed by atoms with Gasteiger partial charge in [0.2, 0.25) is 11.7 Å². The van der Waals surface area contributed by atoms with Gasteiger partial charge in [-0.3, -0.25) is 4.79 Å². The number of amides is 1. The zero-order valence-corrected chi connectivity index (χ0v) is 17.1. The molecule has 3 rings (SSSR count). The molecule has 0 fully saturated rings. The van der Waals surface area contributed by atoms with Gasteiger partial charge in [-0.2, -0.15) is 4.98 Å². The summed E-state index contributed by atoms with van der Waals surface area (Å²) in [6, 6.07) is 10.9. The Hall–Kier alpha value is -2.38. The SMILES string of the molecule is CC(Oc1ccc(Cl)cc1)C(=O)NCCCCCc1nc(-c2cccs2)no1. The Bertz CT molecular complexity index is 865. The molecule has 2 heterocycles. The van der Waals surface area contributed by atoms with Gasteiger partial charge in [-0.1, -0.05) is 29.2 Å². The van der Waals surface area contributed by atoms with Crippen molar-refractivity contribution in [1.82, 2.24) is 15.5 Å². The van der Waals surface area contributed by atoms with E-state index < -0.39 is 6.10 Å². The molecule has 1 aromatic carbocycles. The number of unbranched alkanes of at least 4 members (excludes halogenated alkanes) is 2. The van der Waals surface area contributed by atoms with Crippen LogP contribution < -0.4 is 10.1 Å². The minimum atomic E-state index is -0.560. The zero-order chi connectivity index (χ0) is 19.8. The number of carbonyl (C=O) groups is 1. The second kappa shape index (κ2) is 10.2. The van der Waals surface area contributed by atoms with Gasteiger partial charge in [0.1, 0.15) is 5.75 Å². The molecule has 0 aliphatic heterocycles. The van der Waals surface area contributed by atoms with Crippen LogP contribution in [0, 0.1) is 0 Å². The fourth-order valence-electron chi connectivity index (χ4n) is 2.57. The Labute approximate surface area is 172 Å². The van der Waals surface area contributed by atoms with Gasteiger partial charge in [0.25, 0.3) is 5.91 Å². The number of aromatic nitrogens is 2. The average Bonchev–Trinajstić information content (AvgIpc) is 3.37. The van der Waals surface area contributed by atoms with E-state index in [-0.39, 0.29) is 5.91 Å². The molecule has 2 aromatic heterocycles. The number of rotatable bonds is 10. The van der Waals surface area contributed by atoms with E-state index in [9.17, 15) is 4.79 Å². The van der Waals surface area contributed by atoms with Gasteiger partial charge < -0.3 is 14.6 Å². The maximum absolute atomic E-state index is 12.1. The van der Waals surface area contributed by atoms with E-state index in [1.165, 1.54) is 0 Å². The predicted octanol–water partition coefficient (Wildman–Crippen LogP) is 4.75. The van der Waals surface area contributed by atoms with Gasteiger partial charge in [-0.15, -0.1) is 11.3 Å².